The summed E-state index contributed by atoms with van der Waals surface area (Å²) in [6, 6.07) is 6.23. The molecule has 0 saturated heterocycles. The van der Waals surface area contributed by atoms with E-state index in [1.165, 1.54) is 10.5 Å². The van der Waals surface area contributed by atoms with Crippen LogP contribution >= 0.6 is 0 Å². The molecule has 20 heavy (non-hydrogen) atoms. The molecule has 4 N–H and O–H groups in total. The minimum Gasteiger partial charge on any atom is -0.397 e. The van der Waals surface area contributed by atoms with Gasteiger partial charge < -0.3 is 20.7 Å². The van der Waals surface area contributed by atoms with Crippen molar-refractivity contribution in [3.63, 3.8) is 0 Å². The lowest BCUT2D eigenvalue weighted by molar-refractivity contribution is -0.880. The monoisotopic (exact) mass is 280 g/mol. The van der Waals surface area contributed by atoms with Gasteiger partial charge in [0.05, 0.1) is 31.6 Å². The highest BCUT2D eigenvalue weighted by Gasteiger charge is 2.03. The van der Waals surface area contributed by atoms with Gasteiger partial charge in [0.2, 0.25) is 0 Å². The van der Waals surface area contributed by atoms with Gasteiger partial charge in [0, 0.05) is 19.6 Å². The van der Waals surface area contributed by atoms with Gasteiger partial charge in [0.1, 0.15) is 6.54 Å². The SMILES string of the molecule is CCOCC[NH+](C)CCCNc1cc(CC)ccc1N. The van der Waals surface area contributed by atoms with Gasteiger partial charge in [-0.25, -0.2) is 0 Å². The predicted octanol–water partition coefficient (Wildman–Crippen LogP) is 1.18. The lowest BCUT2D eigenvalue weighted by Crippen LogP contribution is -3.09. The van der Waals surface area contributed by atoms with Gasteiger partial charge in [-0.2, -0.15) is 0 Å². The highest BCUT2D eigenvalue weighted by Crippen LogP contribution is 2.20. The van der Waals surface area contributed by atoms with E-state index in [4.69, 9.17) is 10.5 Å². The highest BCUT2D eigenvalue weighted by atomic mass is 16.5. The molecule has 0 aromatic heterocycles. The van der Waals surface area contributed by atoms with Crippen LogP contribution in [-0.4, -0.2) is 39.9 Å². The molecule has 1 unspecified atom stereocenters. The first-order valence-electron chi connectivity index (χ1n) is 7.68. The second-order valence-electron chi connectivity index (χ2n) is 5.21. The summed E-state index contributed by atoms with van der Waals surface area (Å²) in [6.45, 7) is 9.03. The summed E-state index contributed by atoms with van der Waals surface area (Å²) in [7, 11) is 2.21. The van der Waals surface area contributed by atoms with Gasteiger partial charge in [-0.15, -0.1) is 0 Å². The third kappa shape index (κ3) is 6.26. The first kappa shape index (κ1) is 16.8. The van der Waals surface area contributed by atoms with E-state index >= 15 is 0 Å². The molecular weight excluding hydrogens is 250 g/mol. The average molecular weight is 280 g/mol. The zero-order chi connectivity index (χ0) is 14.8. The van der Waals surface area contributed by atoms with Crippen LogP contribution in [0.5, 0.6) is 0 Å². The van der Waals surface area contributed by atoms with Crippen LogP contribution in [0.15, 0.2) is 18.2 Å². The van der Waals surface area contributed by atoms with Crippen LogP contribution in [0.1, 0.15) is 25.8 Å². The Bertz CT molecular complexity index is 382. The average Bonchev–Trinajstić information content (AvgIpc) is 2.45. The van der Waals surface area contributed by atoms with Crippen molar-refractivity contribution in [2.45, 2.75) is 26.7 Å². The lowest BCUT2D eigenvalue weighted by Gasteiger charge is -2.15. The molecule has 1 atom stereocenters. The molecule has 1 aromatic carbocycles. The van der Waals surface area contributed by atoms with E-state index in [9.17, 15) is 0 Å². The normalized spacial score (nSPS) is 12.3. The summed E-state index contributed by atoms with van der Waals surface area (Å²) in [6.07, 6.45) is 2.17. The van der Waals surface area contributed by atoms with E-state index < -0.39 is 0 Å². The molecule has 4 heteroatoms. The fourth-order valence-electron chi connectivity index (χ4n) is 2.11. The summed E-state index contributed by atoms with van der Waals surface area (Å²) < 4.78 is 5.37. The maximum absolute atomic E-state index is 5.98. The Kier molecular flexibility index (Phi) is 8.07. The van der Waals surface area contributed by atoms with E-state index in [1.807, 2.05) is 13.0 Å². The molecule has 0 aliphatic heterocycles. The lowest BCUT2D eigenvalue weighted by atomic mass is 10.1. The fourth-order valence-corrected chi connectivity index (χ4v) is 2.11. The molecule has 1 rings (SSSR count). The van der Waals surface area contributed by atoms with Crippen molar-refractivity contribution in [3.05, 3.63) is 23.8 Å². The molecule has 0 aliphatic carbocycles. The maximum Gasteiger partial charge on any atom is 0.101 e. The minimum atomic E-state index is 0.807. The molecule has 0 saturated carbocycles. The van der Waals surface area contributed by atoms with Gasteiger partial charge in [0.25, 0.3) is 0 Å². The predicted molar refractivity (Wildman–Crippen MR) is 86.5 cm³/mol. The molecule has 0 aliphatic rings. The molecular formula is C16H30N3O+. The Morgan fingerprint density at radius 3 is 2.75 bits per heavy atom. The van der Waals surface area contributed by atoms with E-state index in [0.717, 1.165) is 57.1 Å². The van der Waals surface area contributed by atoms with Crippen LogP contribution in [0, 0.1) is 0 Å². The Morgan fingerprint density at radius 2 is 2.05 bits per heavy atom. The number of hydrogen-bond acceptors (Lipinski definition) is 3. The number of quaternary nitrogens is 1. The molecule has 114 valence electrons. The third-order valence-electron chi connectivity index (χ3n) is 3.50. The first-order valence-corrected chi connectivity index (χ1v) is 7.68. The molecule has 1 aromatic rings. The molecule has 4 nitrogen and oxygen atoms in total. The van der Waals surface area contributed by atoms with Crippen LogP contribution in [0.4, 0.5) is 11.4 Å². The van der Waals surface area contributed by atoms with E-state index in [2.05, 4.69) is 31.4 Å². The van der Waals surface area contributed by atoms with Gasteiger partial charge in [-0.05, 0) is 31.0 Å². The molecule has 0 radical (unpaired) electrons. The second-order valence-corrected chi connectivity index (χ2v) is 5.21. The van der Waals surface area contributed by atoms with Crippen LogP contribution in [0.3, 0.4) is 0 Å². The minimum absolute atomic E-state index is 0.807. The Hall–Kier alpha value is -1.26. The van der Waals surface area contributed by atoms with Gasteiger partial charge in [0.15, 0.2) is 0 Å². The van der Waals surface area contributed by atoms with Crippen molar-refractivity contribution in [2.24, 2.45) is 0 Å². The number of nitrogens with two attached hydrogens (primary N) is 1. The van der Waals surface area contributed by atoms with E-state index in [-0.39, 0.29) is 0 Å². The third-order valence-corrected chi connectivity index (χ3v) is 3.50. The molecule has 0 spiro atoms. The number of hydrogen-bond donors (Lipinski definition) is 3. The number of aryl methyl sites for hydroxylation is 1. The number of likely N-dealkylation sites (N-methyl/N-ethyl adjacent to an activating group) is 1. The van der Waals surface area contributed by atoms with Crippen molar-refractivity contribution in [1.82, 2.24) is 0 Å². The largest absolute Gasteiger partial charge is 0.397 e. The van der Waals surface area contributed by atoms with Crippen molar-refractivity contribution < 1.29 is 9.64 Å². The Labute approximate surface area is 123 Å². The van der Waals surface area contributed by atoms with Gasteiger partial charge in [-0.3, -0.25) is 0 Å². The quantitative estimate of drug-likeness (QED) is 0.446. The summed E-state index contributed by atoms with van der Waals surface area (Å²) in [5.74, 6) is 0. The summed E-state index contributed by atoms with van der Waals surface area (Å²) in [4.78, 5) is 1.51. The zero-order valence-corrected chi connectivity index (χ0v) is 13.2. The molecule has 0 amide bonds. The molecule has 0 bridgehead atoms. The van der Waals surface area contributed by atoms with Crippen LogP contribution in [0.25, 0.3) is 0 Å². The smallest absolute Gasteiger partial charge is 0.101 e. The topological polar surface area (TPSA) is 51.7 Å². The van der Waals surface area contributed by atoms with Crippen LogP contribution in [0.2, 0.25) is 0 Å². The van der Waals surface area contributed by atoms with E-state index in [1.54, 1.807) is 0 Å². The molecule has 0 heterocycles. The van der Waals surface area contributed by atoms with Crippen LogP contribution in [-0.2, 0) is 11.2 Å². The van der Waals surface area contributed by atoms with Crippen LogP contribution < -0.4 is 16.0 Å². The zero-order valence-electron chi connectivity index (χ0n) is 13.2. The number of rotatable bonds is 10. The van der Waals surface area contributed by atoms with E-state index in [0.29, 0.717) is 0 Å². The number of nitrogens with one attached hydrogen (secondary N) is 2. The Balaban J connectivity index is 2.23. The highest BCUT2D eigenvalue weighted by molar-refractivity contribution is 5.67. The summed E-state index contributed by atoms with van der Waals surface area (Å²) >= 11 is 0. The van der Waals surface area contributed by atoms with Crippen molar-refractivity contribution in [1.29, 1.82) is 0 Å². The standard InChI is InChI=1S/C16H29N3O/c1-4-14-7-8-15(17)16(13-14)18-9-6-10-19(3)11-12-20-5-2/h7-8,13,18H,4-6,9-12,17H2,1-3H3/p+1. The number of benzene rings is 1. The number of anilines is 2. The van der Waals surface area contributed by atoms with Crippen molar-refractivity contribution in [2.75, 3.05) is 50.9 Å². The first-order chi connectivity index (χ1) is 9.67. The Morgan fingerprint density at radius 1 is 1.25 bits per heavy atom. The number of nitrogen functional groups attached to an aromatic ring is 1. The fraction of sp³-hybridized carbons (Fsp3) is 0.625. The van der Waals surface area contributed by atoms with Gasteiger partial charge >= 0.3 is 0 Å². The summed E-state index contributed by atoms with van der Waals surface area (Å²) in [5, 5.41) is 3.44. The second kappa shape index (κ2) is 9.61. The van der Waals surface area contributed by atoms with Gasteiger partial charge in [-0.1, -0.05) is 13.0 Å². The maximum atomic E-state index is 5.98. The van der Waals surface area contributed by atoms with Crippen molar-refractivity contribution in [3.8, 4) is 0 Å². The summed E-state index contributed by atoms with van der Waals surface area (Å²) in [5.41, 5.74) is 9.20. The van der Waals surface area contributed by atoms with Crippen molar-refractivity contribution >= 4 is 11.4 Å². The number of ether oxygens (including phenoxy) is 1. The molecule has 0 fully saturated rings.